The molecule has 2 amide bonds. The summed E-state index contributed by atoms with van der Waals surface area (Å²) in [5.41, 5.74) is 2.00. The Labute approximate surface area is 260 Å². The van der Waals surface area contributed by atoms with E-state index in [1.165, 1.54) is 23.5 Å². The molecule has 2 aliphatic heterocycles. The second-order valence-electron chi connectivity index (χ2n) is 9.94. The highest BCUT2D eigenvalue weighted by atomic mass is 32.2. The number of ether oxygens (including phenoxy) is 2. The van der Waals surface area contributed by atoms with Crippen LogP contribution in [0, 0.1) is 5.92 Å². The first-order valence-corrected chi connectivity index (χ1v) is 16.5. The Morgan fingerprint density at radius 1 is 0.857 bits per heavy atom. The molecule has 42 heavy (non-hydrogen) atoms. The summed E-state index contributed by atoms with van der Waals surface area (Å²) in [7, 11) is 0. The van der Waals surface area contributed by atoms with E-state index >= 15 is 0 Å². The van der Waals surface area contributed by atoms with Gasteiger partial charge in [-0.25, -0.2) is 0 Å². The van der Waals surface area contributed by atoms with Crippen molar-refractivity contribution in [3.05, 3.63) is 85.0 Å². The third kappa shape index (κ3) is 8.26. The molecular formula is C34H44N2O4S2. The fourth-order valence-corrected chi connectivity index (χ4v) is 7.77. The number of fused-ring (bicyclic) bond motifs is 1. The minimum absolute atomic E-state index is 0.109. The normalized spacial score (nSPS) is 18.0. The Bertz CT molecular complexity index is 1220. The number of hydrogen-bond acceptors (Lipinski definition) is 6. The van der Waals surface area contributed by atoms with Crippen molar-refractivity contribution in [2.24, 2.45) is 5.92 Å². The molecule has 0 aliphatic carbocycles. The number of rotatable bonds is 17. The number of benzene rings is 1. The highest BCUT2D eigenvalue weighted by molar-refractivity contribution is 8.19. The van der Waals surface area contributed by atoms with E-state index in [0.717, 1.165) is 46.6 Å². The molecule has 1 unspecified atom stereocenters. The molecular weight excluding hydrogens is 565 g/mol. The fraction of sp³-hybridized carbons (Fsp3) is 0.412. The third-order valence-corrected chi connectivity index (χ3v) is 9.88. The molecule has 6 nitrogen and oxygen atoms in total. The summed E-state index contributed by atoms with van der Waals surface area (Å²) in [6.45, 7) is 17.6. The number of carbonyl (C=O) groups excluding carboxylic acids is 2. The van der Waals surface area contributed by atoms with Crippen molar-refractivity contribution in [3.63, 3.8) is 0 Å². The van der Waals surface area contributed by atoms with Crippen LogP contribution in [0.2, 0.25) is 0 Å². The quantitative estimate of drug-likeness (QED) is 0.131. The van der Waals surface area contributed by atoms with Crippen molar-refractivity contribution in [1.29, 1.82) is 0 Å². The van der Waals surface area contributed by atoms with Crippen molar-refractivity contribution < 1.29 is 19.1 Å². The van der Waals surface area contributed by atoms with E-state index in [-0.39, 0.29) is 16.4 Å². The first-order valence-electron chi connectivity index (χ1n) is 14.7. The zero-order valence-corrected chi connectivity index (χ0v) is 27.0. The maximum Gasteiger partial charge on any atom is 0.255 e. The van der Waals surface area contributed by atoms with E-state index < -0.39 is 5.92 Å². The lowest BCUT2D eigenvalue weighted by atomic mass is 10.1. The van der Waals surface area contributed by atoms with Crippen LogP contribution in [-0.4, -0.2) is 52.7 Å². The highest BCUT2D eigenvalue weighted by Crippen LogP contribution is 2.58. The predicted molar refractivity (Wildman–Crippen MR) is 176 cm³/mol. The maximum atomic E-state index is 13.7. The Morgan fingerprint density at radius 2 is 1.40 bits per heavy atom. The van der Waals surface area contributed by atoms with Crippen LogP contribution in [0.15, 0.2) is 94.8 Å². The molecule has 2 heterocycles. The Morgan fingerprint density at radius 3 is 1.86 bits per heavy atom. The fourth-order valence-electron chi connectivity index (χ4n) is 4.60. The van der Waals surface area contributed by atoms with Gasteiger partial charge in [0.1, 0.15) is 30.6 Å². The average molecular weight is 609 g/mol. The molecule has 3 rings (SSSR count). The number of allylic oxidation sites excluding steroid dienone is 6. The van der Waals surface area contributed by atoms with Gasteiger partial charge in [0.2, 0.25) is 0 Å². The van der Waals surface area contributed by atoms with Crippen LogP contribution >= 0.6 is 23.5 Å². The van der Waals surface area contributed by atoms with E-state index in [0.29, 0.717) is 37.8 Å². The van der Waals surface area contributed by atoms with Crippen molar-refractivity contribution in [2.75, 3.05) is 26.3 Å². The smallest absolute Gasteiger partial charge is 0.255 e. The van der Waals surface area contributed by atoms with Gasteiger partial charge in [-0.05, 0) is 50.0 Å². The van der Waals surface area contributed by atoms with Crippen molar-refractivity contribution in [2.45, 2.75) is 67.8 Å². The van der Waals surface area contributed by atoms with Crippen molar-refractivity contribution in [3.8, 4) is 11.5 Å². The second kappa shape index (κ2) is 17.1. The zero-order chi connectivity index (χ0) is 30.5. The second-order valence-corrected chi connectivity index (χ2v) is 12.5. The van der Waals surface area contributed by atoms with Crippen LogP contribution in [0.5, 0.6) is 11.5 Å². The lowest BCUT2D eigenvalue weighted by Crippen LogP contribution is -2.42. The van der Waals surface area contributed by atoms with E-state index in [2.05, 4.69) is 27.0 Å². The molecule has 0 spiro atoms. The van der Waals surface area contributed by atoms with Crippen LogP contribution in [0.25, 0.3) is 0 Å². The Hall–Kier alpha value is -3.10. The molecule has 1 saturated heterocycles. The van der Waals surface area contributed by atoms with Gasteiger partial charge in [0.15, 0.2) is 0 Å². The maximum absolute atomic E-state index is 13.7. The molecule has 2 aliphatic rings. The number of hydrogen-bond donors (Lipinski definition) is 0. The number of unbranched alkanes of at least 4 members (excludes halogenated alkanes) is 2. The zero-order valence-electron chi connectivity index (χ0n) is 25.3. The van der Waals surface area contributed by atoms with Gasteiger partial charge >= 0.3 is 0 Å². The van der Waals surface area contributed by atoms with Gasteiger partial charge in [0.25, 0.3) is 11.8 Å². The molecule has 0 aromatic heterocycles. The van der Waals surface area contributed by atoms with Crippen LogP contribution in [-0.2, 0) is 9.59 Å². The van der Waals surface area contributed by atoms with Crippen LogP contribution in [0.3, 0.4) is 0 Å². The first kappa shape index (κ1) is 33.4. The first-order chi connectivity index (χ1) is 20.4. The molecule has 0 saturated carbocycles. The van der Waals surface area contributed by atoms with Gasteiger partial charge in [-0.15, -0.1) is 23.5 Å². The van der Waals surface area contributed by atoms with Gasteiger partial charge in [0, 0.05) is 13.1 Å². The van der Waals surface area contributed by atoms with E-state index in [9.17, 15) is 9.59 Å². The van der Waals surface area contributed by atoms with Gasteiger partial charge in [-0.2, -0.15) is 0 Å². The third-order valence-electron chi connectivity index (χ3n) is 6.88. The highest BCUT2D eigenvalue weighted by Gasteiger charge is 2.51. The summed E-state index contributed by atoms with van der Waals surface area (Å²) in [4.78, 5) is 29.3. The van der Waals surface area contributed by atoms with Gasteiger partial charge in [0.05, 0.1) is 14.4 Å². The van der Waals surface area contributed by atoms with Crippen LogP contribution in [0.4, 0.5) is 0 Å². The largest absolute Gasteiger partial charge is 0.488 e. The monoisotopic (exact) mass is 608 g/mol. The van der Waals surface area contributed by atoms with E-state index in [4.69, 9.17) is 9.47 Å². The summed E-state index contributed by atoms with van der Waals surface area (Å²) in [6.07, 6.45) is 18.8. The minimum atomic E-state index is -0.761. The number of nitrogens with zero attached hydrogens (tertiary/aromatic N) is 2. The van der Waals surface area contributed by atoms with Crippen LogP contribution < -0.4 is 9.47 Å². The van der Waals surface area contributed by atoms with Gasteiger partial charge in [-0.3, -0.25) is 19.6 Å². The molecule has 1 atom stereocenters. The average Bonchev–Trinajstić information content (AvgIpc) is 3.52. The molecule has 226 valence electrons. The number of carbonyl (C=O) groups is 2. The van der Waals surface area contributed by atoms with Crippen molar-refractivity contribution >= 4 is 35.3 Å². The predicted octanol–water partition coefficient (Wildman–Crippen LogP) is 8.15. The summed E-state index contributed by atoms with van der Waals surface area (Å²) in [5, 5.41) is 3.39. The Kier molecular flexibility index (Phi) is 13.6. The lowest BCUT2D eigenvalue weighted by Gasteiger charge is -2.27. The van der Waals surface area contributed by atoms with E-state index in [1.54, 1.807) is 22.2 Å². The molecule has 0 radical (unpaired) electrons. The minimum Gasteiger partial charge on any atom is -0.488 e. The molecule has 1 aromatic rings. The lowest BCUT2D eigenvalue weighted by molar-refractivity contribution is -0.147. The molecule has 0 N–H and O–H groups in total. The molecule has 8 heteroatoms. The SMILES string of the molecule is C=C/C=C\C(=C/C)COc1ccc(OCC(/C=C\C)=C/C=C)c2c1SC(C1C(=O)N(CCCC)N(CCCC)C1=O)S2. The number of amides is 2. The summed E-state index contributed by atoms with van der Waals surface area (Å²) < 4.78 is 12.3. The molecule has 0 bridgehead atoms. The number of hydrazine groups is 1. The van der Waals surface area contributed by atoms with Gasteiger partial charge < -0.3 is 9.47 Å². The van der Waals surface area contributed by atoms with Crippen LogP contribution in [0.1, 0.15) is 53.4 Å². The van der Waals surface area contributed by atoms with E-state index in [1.807, 2.05) is 62.4 Å². The standard InChI is InChI=1S/C34H44N2O4S2/c1-7-13-18-25(12-6)23-39-27-19-20-28(40-24-26(16-10-4)17-11-5)31-30(27)41-34(42-31)29-32(37)35(21-14-8-2)36(33(29)38)22-15-9-3/h7,10-13,16-20,29,34H,1,4,8-9,14-15,21-24H2,2-3,5-6H3/b17-11-,18-13-,25-12+,26-16+. The summed E-state index contributed by atoms with van der Waals surface area (Å²) in [5.74, 6) is 0.438. The van der Waals surface area contributed by atoms with Crippen molar-refractivity contribution in [1.82, 2.24) is 10.0 Å². The summed E-state index contributed by atoms with van der Waals surface area (Å²) >= 11 is 3.06. The molecule has 1 aromatic carbocycles. The van der Waals surface area contributed by atoms with Gasteiger partial charge in [-0.1, -0.05) is 88.5 Å². The molecule has 1 fully saturated rings. The number of thioether (sulfide) groups is 2. The topological polar surface area (TPSA) is 59.1 Å². The Balaban J connectivity index is 1.93. The summed E-state index contributed by atoms with van der Waals surface area (Å²) in [6, 6.07) is 3.83.